The van der Waals surface area contributed by atoms with E-state index >= 15 is 0 Å². The van der Waals surface area contributed by atoms with Crippen molar-refractivity contribution in [3.63, 3.8) is 0 Å². The molecule has 0 bridgehead atoms. The molecule has 11 heavy (non-hydrogen) atoms. The fourth-order valence-electron chi connectivity index (χ4n) is 0.588. The molecule has 0 radical (unpaired) electrons. The van der Waals surface area contributed by atoms with Crippen LogP contribution in [0.2, 0.25) is 0 Å². The summed E-state index contributed by atoms with van der Waals surface area (Å²) in [7, 11) is 0. The van der Waals surface area contributed by atoms with Crippen LogP contribution in [0.15, 0.2) is 4.79 Å². The summed E-state index contributed by atoms with van der Waals surface area (Å²) < 4.78 is 0. The van der Waals surface area contributed by atoms with Gasteiger partial charge in [-0.2, -0.15) is 0 Å². The Morgan fingerprint density at radius 2 is 2.18 bits per heavy atom. The molecule has 0 saturated carbocycles. The van der Waals surface area contributed by atoms with E-state index in [-0.39, 0.29) is 5.82 Å². The highest BCUT2D eigenvalue weighted by Gasteiger charge is 2.05. The van der Waals surface area contributed by atoms with Crippen LogP contribution in [-0.2, 0) is 0 Å². The van der Waals surface area contributed by atoms with Gasteiger partial charge in [-0.3, -0.25) is 15.3 Å². The number of hydrogen-bond donors (Lipinski definition) is 5. The molecular formula is C4H6N4O3. The Labute approximate surface area is 60.2 Å². The number of aromatic amines is 2. The Balaban J connectivity index is 2.94. The van der Waals surface area contributed by atoms with Gasteiger partial charge in [0.05, 0.1) is 0 Å². The molecule has 1 rings (SSSR count). The second kappa shape index (κ2) is 2.37. The molecule has 0 saturated heterocycles. The molecule has 0 spiro atoms. The van der Waals surface area contributed by atoms with Crippen LogP contribution < -0.4 is 16.7 Å². The van der Waals surface area contributed by atoms with Crippen LogP contribution in [0.5, 0.6) is 5.88 Å². The van der Waals surface area contributed by atoms with Gasteiger partial charge in [-0.05, 0) is 0 Å². The molecule has 0 unspecified atom stereocenters. The molecule has 2 amide bonds. The van der Waals surface area contributed by atoms with Crippen LogP contribution >= 0.6 is 0 Å². The highest BCUT2D eigenvalue weighted by molar-refractivity contribution is 5.87. The number of rotatable bonds is 1. The van der Waals surface area contributed by atoms with E-state index in [1.54, 1.807) is 0 Å². The van der Waals surface area contributed by atoms with Crippen LogP contribution in [-0.4, -0.2) is 21.1 Å². The summed E-state index contributed by atoms with van der Waals surface area (Å²) in [4.78, 5) is 24.7. The van der Waals surface area contributed by atoms with E-state index in [4.69, 9.17) is 10.8 Å². The third-order valence-electron chi connectivity index (χ3n) is 0.955. The fraction of sp³-hybridized carbons (Fsp3) is 0. The van der Waals surface area contributed by atoms with Gasteiger partial charge < -0.3 is 10.8 Å². The summed E-state index contributed by atoms with van der Waals surface area (Å²) in [6, 6.07) is -0.865. The lowest BCUT2D eigenvalue weighted by Gasteiger charge is -1.94. The Hall–Kier alpha value is -1.92. The zero-order valence-electron chi connectivity index (χ0n) is 5.34. The predicted octanol–water partition coefficient (Wildman–Crippen LogP) is -1.10. The van der Waals surface area contributed by atoms with Crippen molar-refractivity contribution in [1.82, 2.24) is 9.97 Å². The van der Waals surface area contributed by atoms with Gasteiger partial charge in [0.15, 0.2) is 5.82 Å². The second-order valence-corrected chi connectivity index (χ2v) is 1.79. The van der Waals surface area contributed by atoms with Crippen molar-refractivity contribution in [1.29, 1.82) is 0 Å². The first-order chi connectivity index (χ1) is 5.09. The van der Waals surface area contributed by atoms with E-state index in [0.717, 1.165) is 0 Å². The third-order valence-corrected chi connectivity index (χ3v) is 0.955. The standard InChI is InChI=1S/C4H6N4O3/c5-3(10)6-1-2(9)8-4(11)7-1/h9H,(H3,5,6,10)(H2,7,8,11). The minimum absolute atomic E-state index is 0.137. The average molecular weight is 158 g/mol. The van der Waals surface area contributed by atoms with Crippen LogP contribution in [0.3, 0.4) is 0 Å². The van der Waals surface area contributed by atoms with Gasteiger partial charge in [-0.1, -0.05) is 0 Å². The molecule has 7 nitrogen and oxygen atoms in total. The number of imidazole rings is 1. The Morgan fingerprint density at radius 3 is 2.55 bits per heavy atom. The van der Waals surface area contributed by atoms with Gasteiger partial charge in [-0.15, -0.1) is 0 Å². The first-order valence-electron chi connectivity index (χ1n) is 2.67. The summed E-state index contributed by atoms with van der Waals surface area (Å²) in [5.74, 6) is -0.587. The Bertz CT molecular complexity index is 324. The molecular weight excluding hydrogens is 152 g/mol. The van der Waals surface area contributed by atoms with Crippen molar-refractivity contribution in [3.8, 4) is 5.88 Å². The molecule has 1 aromatic rings. The zero-order valence-corrected chi connectivity index (χ0v) is 5.34. The maximum Gasteiger partial charge on any atom is 0.327 e. The predicted molar refractivity (Wildman–Crippen MR) is 36.3 cm³/mol. The minimum Gasteiger partial charge on any atom is -0.492 e. The van der Waals surface area contributed by atoms with Crippen molar-refractivity contribution in [2.24, 2.45) is 5.73 Å². The third kappa shape index (κ3) is 1.51. The van der Waals surface area contributed by atoms with Gasteiger partial charge in [0.25, 0.3) is 0 Å². The van der Waals surface area contributed by atoms with E-state index in [9.17, 15) is 9.59 Å². The van der Waals surface area contributed by atoms with Gasteiger partial charge >= 0.3 is 11.7 Å². The molecule has 0 aliphatic rings. The lowest BCUT2D eigenvalue weighted by atomic mass is 10.7. The zero-order chi connectivity index (χ0) is 8.43. The molecule has 60 valence electrons. The number of nitrogens with one attached hydrogen (secondary N) is 3. The Kier molecular flexibility index (Phi) is 1.55. The molecule has 0 atom stereocenters. The van der Waals surface area contributed by atoms with E-state index < -0.39 is 17.6 Å². The number of primary amides is 1. The van der Waals surface area contributed by atoms with Gasteiger partial charge in [0.1, 0.15) is 0 Å². The van der Waals surface area contributed by atoms with Crippen molar-refractivity contribution in [3.05, 3.63) is 10.5 Å². The molecule has 0 aromatic carbocycles. The largest absolute Gasteiger partial charge is 0.492 e. The lowest BCUT2D eigenvalue weighted by Crippen LogP contribution is -2.20. The molecule has 7 heteroatoms. The SMILES string of the molecule is NC(=O)Nc1[nH]c(=O)[nH]c1O. The van der Waals surface area contributed by atoms with E-state index in [1.807, 2.05) is 10.3 Å². The van der Waals surface area contributed by atoms with Crippen molar-refractivity contribution >= 4 is 11.8 Å². The molecule has 0 fully saturated rings. The van der Waals surface area contributed by atoms with E-state index in [0.29, 0.717) is 0 Å². The number of H-pyrrole nitrogens is 2. The number of aromatic hydroxyl groups is 1. The average Bonchev–Trinajstić information content (AvgIpc) is 2.09. The van der Waals surface area contributed by atoms with E-state index in [2.05, 4.69) is 4.98 Å². The van der Waals surface area contributed by atoms with Gasteiger partial charge in [0.2, 0.25) is 5.88 Å². The van der Waals surface area contributed by atoms with Crippen molar-refractivity contribution < 1.29 is 9.90 Å². The topological polar surface area (TPSA) is 124 Å². The van der Waals surface area contributed by atoms with Crippen LogP contribution in [0.25, 0.3) is 0 Å². The normalized spacial score (nSPS) is 9.45. The smallest absolute Gasteiger partial charge is 0.327 e. The molecule has 0 aliphatic heterocycles. The monoisotopic (exact) mass is 158 g/mol. The summed E-state index contributed by atoms with van der Waals surface area (Å²) in [6.07, 6.45) is 0. The first-order valence-corrected chi connectivity index (χ1v) is 2.67. The molecule has 0 aliphatic carbocycles. The number of carbonyl (C=O) groups is 1. The minimum atomic E-state index is -0.865. The quantitative estimate of drug-likeness (QED) is 0.356. The number of nitrogens with two attached hydrogens (primary N) is 1. The molecule has 1 aromatic heterocycles. The van der Waals surface area contributed by atoms with Crippen molar-refractivity contribution in [2.75, 3.05) is 5.32 Å². The first kappa shape index (κ1) is 7.19. The second-order valence-electron chi connectivity index (χ2n) is 1.79. The summed E-state index contributed by atoms with van der Waals surface area (Å²) >= 11 is 0. The van der Waals surface area contributed by atoms with Crippen LogP contribution in [0.1, 0.15) is 0 Å². The number of urea groups is 1. The maximum atomic E-state index is 10.4. The molecule has 6 N–H and O–H groups in total. The number of aromatic nitrogens is 2. The summed E-state index contributed by atoms with van der Waals surface area (Å²) in [6.45, 7) is 0. The highest BCUT2D eigenvalue weighted by Crippen LogP contribution is 2.12. The Morgan fingerprint density at radius 1 is 1.55 bits per heavy atom. The lowest BCUT2D eigenvalue weighted by molar-refractivity contribution is 0.259. The highest BCUT2D eigenvalue weighted by atomic mass is 16.3. The van der Waals surface area contributed by atoms with Gasteiger partial charge in [0, 0.05) is 0 Å². The number of anilines is 1. The maximum absolute atomic E-state index is 10.4. The van der Waals surface area contributed by atoms with E-state index in [1.165, 1.54) is 0 Å². The number of hydrogen-bond acceptors (Lipinski definition) is 3. The van der Waals surface area contributed by atoms with Crippen LogP contribution in [0.4, 0.5) is 10.6 Å². The number of carbonyl (C=O) groups excluding carboxylic acids is 1. The van der Waals surface area contributed by atoms with Gasteiger partial charge in [-0.25, -0.2) is 9.59 Å². The fourth-order valence-corrected chi connectivity index (χ4v) is 0.588. The van der Waals surface area contributed by atoms with Crippen LogP contribution in [0, 0.1) is 0 Å². The van der Waals surface area contributed by atoms with Crippen molar-refractivity contribution in [2.45, 2.75) is 0 Å². The summed E-state index contributed by atoms with van der Waals surface area (Å²) in [5, 5.41) is 10.8. The molecule has 1 heterocycles. The summed E-state index contributed by atoms with van der Waals surface area (Å²) in [5.41, 5.74) is 4.09. The number of amides is 2.